The molecule has 10 nitrogen and oxygen atoms in total. The minimum atomic E-state index is -3.54. The number of thioether (sulfide) groups is 1. The molecule has 3 fully saturated rings. The van der Waals surface area contributed by atoms with Crippen LogP contribution in [0.5, 0.6) is 0 Å². The van der Waals surface area contributed by atoms with Crippen molar-refractivity contribution in [1.29, 1.82) is 0 Å². The highest BCUT2D eigenvalue weighted by Crippen LogP contribution is 2.37. The van der Waals surface area contributed by atoms with Gasteiger partial charge in [0.05, 0.1) is 15.5 Å². The van der Waals surface area contributed by atoms with Crippen LogP contribution in [0.2, 0.25) is 0 Å². The van der Waals surface area contributed by atoms with Gasteiger partial charge in [0.1, 0.15) is 5.82 Å². The van der Waals surface area contributed by atoms with Gasteiger partial charge in [0, 0.05) is 45.0 Å². The Morgan fingerprint density at radius 2 is 1.59 bits per heavy atom. The van der Waals surface area contributed by atoms with Gasteiger partial charge in [0.25, 0.3) is 11.1 Å². The van der Waals surface area contributed by atoms with Crippen LogP contribution in [0.3, 0.4) is 0 Å². The van der Waals surface area contributed by atoms with Crippen LogP contribution in [0.15, 0.2) is 76.5 Å². The molecule has 0 radical (unpaired) electrons. The summed E-state index contributed by atoms with van der Waals surface area (Å²) in [5.41, 5.74) is 1.44. The van der Waals surface area contributed by atoms with E-state index in [2.05, 4.69) is 10.2 Å². The minimum Gasteiger partial charge on any atom is -0.340 e. The summed E-state index contributed by atoms with van der Waals surface area (Å²) < 4.78 is 27.9. The van der Waals surface area contributed by atoms with Gasteiger partial charge >= 0.3 is 0 Å². The molecule has 0 spiro atoms. The van der Waals surface area contributed by atoms with Crippen LogP contribution in [0, 0.1) is 11.8 Å². The van der Waals surface area contributed by atoms with E-state index in [4.69, 9.17) is 9.97 Å². The molecule has 4 heterocycles. The van der Waals surface area contributed by atoms with E-state index in [0.29, 0.717) is 48.5 Å². The molecule has 6 rings (SSSR count). The van der Waals surface area contributed by atoms with Gasteiger partial charge in [-0.3, -0.25) is 14.9 Å². The molecule has 3 saturated heterocycles. The summed E-state index contributed by atoms with van der Waals surface area (Å²) in [4.78, 5) is 38.0. The van der Waals surface area contributed by atoms with E-state index >= 15 is 0 Å². The fraction of sp³-hybridized carbons (Fsp3) is 0.259. The van der Waals surface area contributed by atoms with Gasteiger partial charge in [-0.25, -0.2) is 13.4 Å². The Balaban J connectivity index is 1.27. The lowest BCUT2D eigenvalue weighted by Crippen LogP contribution is -2.34. The molecule has 0 saturated carbocycles. The Morgan fingerprint density at radius 1 is 0.949 bits per heavy atom. The second-order valence-corrected chi connectivity index (χ2v) is 12.7. The first-order valence-electron chi connectivity index (χ1n) is 12.5. The number of sulfonamides is 1. The molecule has 3 aliphatic heterocycles. The zero-order valence-electron chi connectivity index (χ0n) is 21.1. The topological polar surface area (TPSA) is 116 Å². The van der Waals surface area contributed by atoms with Gasteiger partial charge in [0.15, 0.2) is 0 Å². The summed E-state index contributed by atoms with van der Waals surface area (Å²) in [5.74, 6) is 0.997. The predicted octanol–water partition coefficient (Wildman–Crippen LogP) is 3.33. The zero-order valence-corrected chi connectivity index (χ0v) is 22.7. The van der Waals surface area contributed by atoms with Crippen molar-refractivity contribution < 1.29 is 18.0 Å². The van der Waals surface area contributed by atoms with E-state index < -0.39 is 21.2 Å². The van der Waals surface area contributed by atoms with Crippen molar-refractivity contribution in [1.82, 2.24) is 19.6 Å². The summed E-state index contributed by atoms with van der Waals surface area (Å²) >= 11 is 0.843. The van der Waals surface area contributed by atoms with Gasteiger partial charge in [-0.2, -0.15) is 9.29 Å². The summed E-state index contributed by atoms with van der Waals surface area (Å²) in [5, 5.41) is 1.86. The number of fused-ring (bicyclic) bond motifs is 1. The molecule has 2 atom stereocenters. The molecular weight excluding hydrogens is 536 g/mol. The molecule has 2 aromatic carbocycles. The molecule has 2 unspecified atom stereocenters. The van der Waals surface area contributed by atoms with Crippen LogP contribution in [0.1, 0.15) is 5.69 Å². The lowest BCUT2D eigenvalue weighted by Gasteiger charge is -2.24. The van der Waals surface area contributed by atoms with Crippen molar-refractivity contribution in [2.24, 2.45) is 11.8 Å². The zero-order chi connectivity index (χ0) is 27.1. The maximum Gasteiger partial charge on any atom is 0.290 e. The van der Waals surface area contributed by atoms with E-state index in [1.54, 1.807) is 46.8 Å². The Bertz CT molecular complexity index is 1550. The Kier molecular flexibility index (Phi) is 6.61. The normalized spacial score (nSPS) is 22.4. The largest absolute Gasteiger partial charge is 0.340 e. The van der Waals surface area contributed by atoms with Crippen LogP contribution in [0.25, 0.3) is 6.08 Å². The number of nitrogens with zero attached hydrogens (tertiary/aromatic N) is 5. The number of carbonyl (C=O) groups excluding carboxylic acids is 2. The summed E-state index contributed by atoms with van der Waals surface area (Å²) in [7, 11) is -1.63. The molecule has 0 bridgehead atoms. The number of imide groups is 1. The highest BCUT2D eigenvalue weighted by molar-refractivity contribution is 8.18. The van der Waals surface area contributed by atoms with E-state index in [1.807, 2.05) is 42.3 Å². The second-order valence-electron chi connectivity index (χ2n) is 9.76. The smallest absolute Gasteiger partial charge is 0.290 e. The van der Waals surface area contributed by atoms with E-state index in [0.717, 1.165) is 17.4 Å². The van der Waals surface area contributed by atoms with Gasteiger partial charge in [-0.1, -0.05) is 36.4 Å². The van der Waals surface area contributed by atoms with E-state index in [-0.39, 0.29) is 16.7 Å². The average Bonchev–Trinajstić information content (AvgIpc) is 3.62. The molecule has 2 amide bonds. The SMILES string of the molecule is CN(c1ccccc1)c1cc(C=C2SC(=O)NC2=O)nc(N2CC3CN(S(=O)(=O)c4ccccc4)CC3C2)n1. The van der Waals surface area contributed by atoms with Crippen molar-refractivity contribution in [3.05, 3.63) is 77.3 Å². The van der Waals surface area contributed by atoms with Crippen molar-refractivity contribution in [3.63, 3.8) is 0 Å². The van der Waals surface area contributed by atoms with Crippen LogP contribution in [0.4, 0.5) is 22.2 Å². The number of para-hydroxylation sites is 1. The maximum absolute atomic E-state index is 13.1. The van der Waals surface area contributed by atoms with Gasteiger partial charge < -0.3 is 9.80 Å². The lowest BCUT2D eigenvalue weighted by atomic mass is 10.0. The van der Waals surface area contributed by atoms with Gasteiger partial charge in [-0.15, -0.1) is 0 Å². The number of benzene rings is 2. The third-order valence-corrected chi connectivity index (χ3v) is 9.90. The third kappa shape index (κ3) is 5.02. The number of hydrogen-bond acceptors (Lipinski definition) is 9. The predicted molar refractivity (Wildman–Crippen MR) is 150 cm³/mol. The molecule has 200 valence electrons. The van der Waals surface area contributed by atoms with E-state index in [1.165, 1.54) is 0 Å². The van der Waals surface area contributed by atoms with Gasteiger partial charge in [0.2, 0.25) is 16.0 Å². The monoisotopic (exact) mass is 562 g/mol. The van der Waals surface area contributed by atoms with Crippen LogP contribution in [-0.2, 0) is 14.8 Å². The number of amides is 2. The second kappa shape index (κ2) is 10.1. The Labute approximate surface area is 230 Å². The summed E-state index contributed by atoms with van der Waals surface area (Å²) in [6.45, 7) is 2.12. The highest BCUT2D eigenvalue weighted by Gasteiger charge is 2.45. The number of carbonyl (C=O) groups is 2. The molecule has 1 N–H and O–H groups in total. The third-order valence-electron chi connectivity index (χ3n) is 7.25. The molecular formula is C27H26N6O4S2. The van der Waals surface area contributed by atoms with Crippen LogP contribution in [-0.4, -0.2) is 67.1 Å². The Hall–Kier alpha value is -3.74. The number of rotatable bonds is 6. The molecule has 1 aromatic heterocycles. The highest BCUT2D eigenvalue weighted by atomic mass is 32.2. The van der Waals surface area contributed by atoms with Crippen LogP contribution < -0.4 is 15.1 Å². The van der Waals surface area contributed by atoms with Crippen molar-refractivity contribution >= 4 is 56.5 Å². The van der Waals surface area contributed by atoms with E-state index in [9.17, 15) is 18.0 Å². The summed E-state index contributed by atoms with van der Waals surface area (Å²) in [6, 6.07) is 20.1. The molecule has 3 aromatic rings. The Morgan fingerprint density at radius 3 is 2.21 bits per heavy atom. The quantitative estimate of drug-likeness (QED) is 0.452. The standard InChI is InChI=1S/C27H26N6O4S2/c1-31(21-8-4-2-5-9-21)24-13-20(12-23-25(34)30-27(35)38-23)28-26(29-24)32-14-18-16-33(17-19(18)15-32)39(36,37)22-10-6-3-7-11-22/h2-13,18-19H,14-17H2,1H3,(H,30,34,35). The number of aromatic nitrogens is 2. The molecule has 12 heteroatoms. The van der Waals surface area contributed by atoms with Crippen LogP contribution >= 0.6 is 11.8 Å². The number of hydrogen-bond donors (Lipinski definition) is 1. The molecule has 3 aliphatic rings. The lowest BCUT2D eigenvalue weighted by molar-refractivity contribution is -0.115. The first-order valence-corrected chi connectivity index (χ1v) is 14.8. The summed E-state index contributed by atoms with van der Waals surface area (Å²) in [6.07, 6.45) is 1.60. The maximum atomic E-state index is 13.1. The number of anilines is 3. The number of nitrogens with one attached hydrogen (secondary N) is 1. The average molecular weight is 563 g/mol. The van der Waals surface area contributed by atoms with Crippen molar-refractivity contribution in [2.75, 3.05) is 43.0 Å². The first-order chi connectivity index (χ1) is 18.8. The van der Waals surface area contributed by atoms with Crippen molar-refractivity contribution in [2.45, 2.75) is 4.90 Å². The molecule has 0 aliphatic carbocycles. The van der Waals surface area contributed by atoms with Gasteiger partial charge in [-0.05, 0) is 53.9 Å². The minimum absolute atomic E-state index is 0.151. The van der Waals surface area contributed by atoms with Crippen molar-refractivity contribution in [3.8, 4) is 0 Å². The fourth-order valence-corrected chi connectivity index (χ4v) is 7.46. The first kappa shape index (κ1) is 25.5. The molecule has 39 heavy (non-hydrogen) atoms. The fourth-order valence-electron chi connectivity index (χ4n) is 5.22.